The Morgan fingerprint density at radius 2 is 0.909 bits per heavy atom. The molecule has 0 radical (unpaired) electrons. The molecule has 0 spiro atoms. The lowest BCUT2D eigenvalue weighted by atomic mass is 10.2. The van der Waals surface area contributed by atoms with Gasteiger partial charge >= 0.3 is 15.4 Å². The van der Waals surface area contributed by atoms with Crippen LogP contribution in [0.15, 0.2) is 0 Å². The van der Waals surface area contributed by atoms with Crippen LogP contribution in [0.25, 0.3) is 0 Å². The van der Waals surface area contributed by atoms with Crippen molar-refractivity contribution in [2.75, 3.05) is 26.4 Å². The smallest absolute Gasteiger partial charge is 0.305 e. The summed E-state index contributed by atoms with van der Waals surface area (Å²) in [6.45, 7) is 10.6. The fraction of sp³-hybridized carbons (Fsp3) is 1.00. The van der Waals surface area contributed by atoms with E-state index in [1.807, 2.05) is 27.7 Å². The molecule has 0 aliphatic carbocycles. The molecule has 0 aromatic rings. The average molecular weight is 596 g/mol. The van der Waals surface area contributed by atoms with Gasteiger partial charge in [-0.05, 0) is 31.6 Å². The molecule has 0 aromatic heterocycles. The molecule has 0 saturated heterocycles. The molecular formula is C20H40Cl4O7P2. The van der Waals surface area contributed by atoms with Crippen LogP contribution >= 0.6 is 61.8 Å². The Labute approximate surface area is 219 Å². The van der Waals surface area contributed by atoms with E-state index in [-0.39, 0.29) is 26.4 Å². The molecule has 200 valence electrons. The third-order valence-corrected chi connectivity index (χ3v) is 10.3. The number of halogens is 4. The maximum Gasteiger partial charge on any atom is 0.475 e. The van der Waals surface area contributed by atoms with Crippen LogP contribution in [-0.4, -0.2) is 53.8 Å². The fourth-order valence-electron chi connectivity index (χ4n) is 2.14. The molecule has 0 N–H and O–H groups in total. The summed E-state index contributed by atoms with van der Waals surface area (Å²) in [5.74, 6) is -1.71. The first-order valence-corrected chi connectivity index (χ1v) is 16.2. The normalized spacial score (nSPS) is 19.1. The third kappa shape index (κ3) is 14.1. The SMILES string of the molecule is CC[C@@H](Cl)COP(=O)(OC[C@H](Cl)CC)O[C@@H](C(C)C)P(=O)(OC[C@H](Cl)CC)OC[C@@H](Cl)CC. The van der Waals surface area contributed by atoms with Gasteiger partial charge in [-0.15, -0.1) is 46.4 Å². The van der Waals surface area contributed by atoms with Crippen molar-refractivity contribution < 1.29 is 31.7 Å². The van der Waals surface area contributed by atoms with Gasteiger partial charge in [0.25, 0.3) is 0 Å². The summed E-state index contributed by atoms with van der Waals surface area (Å²) in [6, 6.07) is 0. The van der Waals surface area contributed by atoms with Crippen LogP contribution in [-0.2, 0) is 31.7 Å². The van der Waals surface area contributed by atoms with Crippen molar-refractivity contribution in [1.29, 1.82) is 0 Å². The summed E-state index contributed by atoms with van der Waals surface area (Å²) in [4.78, 5) is 0. The molecule has 0 saturated carbocycles. The summed E-state index contributed by atoms with van der Waals surface area (Å²) in [5.41, 5.74) is 0. The topological polar surface area (TPSA) is 80.3 Å². The van der Waals surface area contributed by atoms with Gasteiger partial charge in [0.15, 0.2) is 5.85 Å². The second-order valence-electron chi connectivity index (χ2n) is 7.93. The quantitative estimate of drug-likeness (QED) is 0.103. The minimum atomic E-state index is -4.24. The molecule has 0 aliphatic heterocycles. The van der Waals surface area contributed by atoms with Crippen molar-refractivity contribution in [2.24, 2.45) is 5.92 Å². The number of rotatable bonds is 20. The molecule has 1 unspecified atom stereocenters. The van der Waals surface area contributed by atoms with E-state index < -0.39 is 48.7 Å². The highest BCUT2D eigenvalue weighted by atomic mass is 35.5. The van der Waals surface area contributed by atoms with Gasteiger partial charge < -0.3 is 9.05 Å². The van der Waals surface area contributed by atoms with Gasteiger partial charge in [0.05, 0.1) is 47.9 Å². The van der Waals surface area contributed by atoms with Gasteiger partial charge in [0.1, 0.15) is 0 Å². The van der Waals surface area contributed by atoms with E-state index in [0.717, 1.165) is 0 Å². The van der Waals surface area contributed by atoms with Gasteiger partial charge in [0, 0.05) is 0 Å². The van der Waals surface area contributed by atoms with E-state index in [4.69, 9.17) is 69.0 Å². The van der Waals surface area contributed by atoms with Crippen molar-refractivity contribution in [3.8, 4) is 0 Å². The van der Waals surface area contributed by atoms with Crippen LogP contribution in [0, 0.1) is 5.92 Å². The first-order valence-electron chi connectivity index (χ1n) is 11.4. The maximum atomic E-state index is 13.9. The highest BCUT2D eigenvalue weighted by Gasteiger charge is 2.46. The lowest BCUT2D eigenvalue weighted by molar-refractivity contribution is 0.0665. The van der Waals surface area contributed by atoms with Crippen LogP contribution in [0.1, 0.15) is 67.2 Å². The molecule has 0 rings (SSSR count). The molecule has 0 aromatic carbocycles. The Kier molecular flexibility index (Phi) is 18.6. The van der Waals surface area contributed by atoms with Gasteiger partial charge in [-0.25, -0.2) is 4.57 Å². The fourth-order valence-corrected chi connectivity index (χ4v) is 6.86. The van der Waals surface area contributed by atoms with E-state index in [1.165, 1.54) is 0 Å². The molecule has 0 heterocycles. The van der Waals surface area contributed by atoms with Crippen LogP contribution in [0.4, 0.5) is 0 Å². The first kappa shape index (κ1) is 34.4. The van der Waals surface area contributed by atoms with Crippen molar-refractivity contribution in [3.05, 3.63) is 0 Å². The van der Waals surface area contributed by atoms with Gasteiger partial charge in [-0.1, -0.05) is 41.5 Å². The van der Waals surface area contributed by atoms with Crippen LogP contribution < -0.4 is 0 Å². The Bertz CT molecular complexity index is 579. The van der Waals surface area contributed by atoms with Crippen molar-refractivity contribution in [1.82, 2.24) is 0 Å². The van der Waals surface area contributed by atoms with E-state index in [1.54, 1.807) is 13.8 Å². The van der Waals surface area contributed by atoms with Gasteiger partial charge in [-0.3, -0.25) is 18.1 Å². The first-order chi connectivity index (χ1) is 15.4. The van der Waals surface area contributed by atoms with E-state index >= 15 is 0 Å². The van der Waals surface area contributed by atoms with E-state index in [2.05, 4.69) is 0 Å². The Balaban J connectivity index is 5.91. The monoisotopic (exact) mass is 594 g/mol. The molecule has 7 nitrogen and oxygen atoms in total. The highest BCUT2D eigenvalue weighted by molar-refractivity contribution is 7.56. The molecule has 0 fully saturated rings. The van der Waals surface area contributed by atoms with Crippen LogP contribution in [0.2, 0.25) is 0 Å². The minimum absolute atomic E-state index is 0.0494. The van der Waals surface area contributed by atoms with Crippen LogP contribution in [0.3, 0.4) is 0 Å². The Morgan fingerprint density at radius 3 is 1.18 bits per heavy atom. The minimum Gasteiger partial charge on any atom is -0.305 e. The third-order valence-electron chi connectivity index (χ3n) is 4.59. The second-order valence-corrected chi connectivity index (χ2v) is 14.1. The van der Waals surface area contributed by atoms with Crippen molar-refractivity contribution >= 4 is 61.8 Å². The number of phosphoric acid groups is 1. The maximum absolute atomic E-state index is 13.9. The van der Waals surface area contributed by atoms with Crippen LogP contribution in [0.5, 0.6) is 0 Å². The highest BCUT2D eigenvalue weighted by Crippen LogP contribution is 2.63. The van der Waals surface area contributed by atoms with Crippen molar-refractivity contribution in [2.45, 2.75) is 94.6 Å². The molecular weight excluding hydrogens is 556 g/mol. The summed E-state index contributed by atoms with van der Waals surface area (Å²) in [5, 5.41) is -1.61. The zero-order valence-corrected chi connectivity index (χ0v) is 25.2. The lowest BCUT2D eigenvalue weighted by Crippen LogP contribution is -2.26. The molecule has 33 heavy (non-hydrogen) atoms. The number of hydrogen-bond donors (Lipinski definition) is 0. The van der Waals surface area contributed by atoms with E-state index in [0.29, 0.717) is 25.7 Å². The Hall–Kier alpha value is 1.42. The molecule has 13 heteroatoms. The molecule has 0 amide bonds. The number of alkyl halides is 4. The summed E-state index contributed by atoms with van der Waals surface area (Å²) < 4.78 is 55.5. The average Bonchev–Trinajstić information content (AvgIpc) is 2.81. The van der Waals surface area contributed by atoms with Gasteiger partial charge in [-0.2, -0.15) is 0 Å². The van der Waals surface area contributed by atoms with Crippen molar-refractivity contribution in [3.63, 3.8) is 0 Å². The Morgan fingerprint density at radius 1 is 0.606 bits per heavy atom. The zero-order chi connectivity index (χ0) is 25.7. The number of hydrogen-bond acceptors (Lipinski definition) is 7. The van der Waals surface area contributed by atoms with Gasteiger partial charge in [0.2, 0.25) is 0 Å². The molecule has 0 bridgehead atoms. The second kappa shape index (κ2) is 17.8. The largest absolute Gasteiger partial charge is 0.475 e. The summed E-state index contributed by atoms with van der Waals surface area (Å²) >= 11 is 24.6. The standard InChI is InChI=1S/C20H40Cl4O7P2/c1-7-16(21)11-27-32(25,28-12-17(22)8-2)20(15(5)6)31-33(26,29-13-18(23)9-3)30-14-19(24)10-4/h15-20H,7-14H2,1-6H3/t16-,17+,18-,19-,20-,32?/m1/s1. The van der Waals surface area contributed by atoms with E-state index in [9.17, 15) is 9.13 Å². The lowest BCUT2D eigenvalue weighted by Gasteiger charge is -2.32. The number of phosphoric ester groups is 1. The zero-order valence-electron chi connectivity index (χ0n) is 20.4. The predicted molar refractivity (Wildman–Crippen MR) is 138 cm³/mol. The predicted octanol–water partition coefficient (Wildman–Crippen LogP) is 8.42. The summed E-state index contributed by atoms with van der Waals surface area (Å²) in [7, 11) is -8.25. The summed E-state index contributed by atoms with van der Waals surface area (Å²) in [6.07, 6.45) is 2.34. The molecule has 0 aliphatic rings. The molecule has 6 atom stereocenters.